The lowest BCUT2D eigenvalue weighted by molar-refractivity contribution is 0.276. The van der Waals surface area contributed by atoms with Gasteiger partial charge in [0, 0.05) is 5.54 Å². The van der Waals surface area contributed by atoms with E-state index < -0.39 is 0 Å². The molecule has 1 atom stereocenters. The second-order valence-electron chi connectivity index (χ2n) is 4.79. The van der Waals surface area contributed by atoms with Gasteiger partial charge in [-0.1, -0.05) is 18.6 Å². The lowest BCUT2D eigenvalue weighted by Crippen LogP contribution is -2.47. The van der Waals surface area contributed by atoms with E-state index in [0.29, 0.717) is 5.75 Å². The molecule has 1 saturated heterocycles. The second-order valence-corrected chi connectivity index (χ2v) is 4.79. The Labute approximate surface area is 91.3 Å². The van der Waals surface area contributed by atoms with Crippen LogP contribution in [0.1, 0.15) is 31.7 Å². The van der Waals surface area contributed by atoms with E-state index in [0.717, 1.165) is 13.0 Å². The van der Waals surface area contributed by atoms with Gasteiger partial charge in [0.25, 0.3) is 0 Å². The molecule has 1 aliphatic rings. The number of hydrogen-bond acceptors (Lipinski definition) is 2. The molecule has 0 radical (unpaired) electrons. The van der Waals surface area contributed by atoms with Gasteiger partial charge in [0.15, 0.2) is 0 Å². The summed E-state index contributed by atoms with van der Waals surface area (Å²) in [4.78, 5) is 0. The van der Waals surface area contributed by atoms with Gasteiger partial charge in [-0.05, 0) is 50.4 Å². The Morgan fingerprint density at radius 1 is 1.40 bits per heavy atom. The first-order valence-electron chi connectivity index (χ1n) is 5.71. The van der Waals surface area contributed by atoms with Crippen molar-refractivity contribution < 1.29 is 5.11 Å². The fraction of sp³-hybridized carbons (Fsp3) is 0.538. The summed E-state index contributed by atoms with van der Waals surface area (Å²) >= 11 is 0. The van der Waals surface area contributed by atoms with Crippen LogP contribution in [0.3, 0.4) is 0 Å². The first kappa shape index (κ1) is 10.5. The maximum Gasteiger partial charge on any atom is 0.115 e. The van der Waals surface area contributed by atoms with E-state index in [9.17, 15) is 5.11 Å². The van der Waals surface area contributed by atoms with Crippen molar-refractivity contribution >= 4 is 0 Å². The molecule has 15 heavy (non-hydrogen) atoms. The molecule has 1 heterocycles. The first-order chi connectivity index (χ1) is 7.18. The van der Waals surface area contributed by atoms with Gasteiger partial charge in [0.2, 0.25) is 0 Å². The third kappa shape index (κ3) is 2.72. The summed E-state index contributed by atoms with van der Waals surface area (Å²) < 4.78 is 0. The Balaban J connectivity index is 2.06. The van der Waals surface area contributed by atoms with Crippen LogP contribution in [0.15, 0.2) is 24.3 Å². The van der Waals surface area contributed by atoms with Crippen molar-refractivity contribution in [1.82, 2.24) is 5.32 Å². The Hall–Kier alpha value is -1.02. The molecule has 2 N–H and O–H groups in total. The molecule has 0 spiro atoms. The predicted molar refractivity (Wildman–Crippen MR) is 62.1 cm³/mol. The van der Waals surface area contributed by atoms with Crippen LogP contribution < -0.4 is 5.32 Å². The van der Waals surface area contributed by atoms with Gasteiger partial charge in [-0.3, -0.25) is 0 Å². The Morgan fingerprint density at radius 3 is 2.93 bits per heavy atom. The summed E-state index contributed by atoms with van der Waals surface area (Å²) in [6.45, 7) is 3.39. The van der Waals surface area contributed by atoms with Crippen molar-refractivity contribution in [2.45, 2.75) is 38.1 Å². The fourth-order valence-electron chi connectivity index (χ4n) is 2.39. The SMILES string of the molecule is CC1(Cc2cccc(O)c2)CCCCN1. The summed E-state index contributed by atoms with van der Waals surface area (Å²) in [6, 6.07) is 7.58. The van der Waals surface area contributed by atoms with Crippen LogP contribution in [0.4, 0.5) is 0 Å². The van der Waals surface area contributed by atoms with Gasteiger partial charge < -0.3 is 10.4 Å². The van der Waals surface area contributed by atoms with Gasteiger partial charge in [0.1, 0.15) is 5.75 Å². The third-order valence-corrected chi connectivity index (χ3v) is 3.21. The average molecular weight is 205 g/mol. The second kappa shape index (κ2) is 4.23. The summed E-state index contributed by atoms with van der Waals surface area (Å²) in [5, 5.41) is 13.0. The zero-order valence-corrected chi connectivity index (χ0v) is 9.29. The molecular weight excluding hydrogens is 186 g/mol. The summed E-state index contributed by atoms with van der Waals surface area (Å²) in [7, 11) is 0. The molecule has 2 rings (SSSR count). The van der Waals surface area contributed by atoms with Gasteiger partial charge in [-0.15, -0.1) is 0 Å². The number of phenols is 1. The van der Waals surface area contributed by atoms with Crippen LogP contribution in [-0.4, -0.2) is 17.2 Å². The molecule has 1 aromatic carbocycles. The molecule has 0 aromatic heterocycles. The van der Waals surface area contributed by atoms with Gasteiger partial charge in [-0.2, -0.15) is 0 Å². The number of rotatable bonds is 2. The highest BCUT2D eigenvalue weighted by atomic mass is 16.3. The molecular formula is C13H19NO. The van der Waals surface area contributed by atoms with Gasteiger partial charge >= 0.3 is 0 Å². The largest absolute Gasteiger partial charge is 0.508 e. The van der Waals surface area contributed by atoms with Crippen molar-refractivity contribution in [3.63, 3.8) is 0 Å². The molecule has 0 aliphatic carbocycles. The topological polar surface area (TPSA) is 32.3 Å². The van der Waals surface area contributed by atoms with Gasteiger partial charge in [0.05, 0.1) is 0 Å². The van der Waals surface area contributed by atoms with E-state index in [-0.39, 0.29) is 5.54 Å². The van der Waals surface area contributed by atoms with Crippen LogP contribution in [0.5, 0.6) is 5.75 Å². The van der Waals surface area contributed by atoms with Crippen LogP contribution in [0, 0.1) is 0 Å². The molecule has 82 valence electrons. The number of hydrogen-bond donors (Lipinski definition) is 2. The smallest absolute Gasteiger partial charge is 0.115 e. The highest BCUT2D eigenvalue weighted by Crippen LogP contribution is 2.24. The van der Waals surface area contributed by atoms with E-state index in [1.54, 1.807) is 6.07 Å². The molecule has 1 unspecified atom stereocenters. The monoisotopic (exact) mass is 205 g/mol. The lowest BCUT2D eigenvalue weighted by Gasteiger charge is -2.35. The van der Waals surface area contributed by atoms with E-state index in [4.69, 9.17) is 0 Å². The highest BCUT2D eigenvalue weighted by molar-refractivity contribution is 5.28. The lowest BCUT2D eigenvalue weighted by atomic mass is 9.85. The number of phenolic OH excluding ortho intramolecular Hbond substituents is 1. The average Bonchev–Trinajstić information content (AvgIpc) is 2.18. The molecule has 1 fully saturated rings. The molecule has 1 aromatic rings. The van der Waals surface area contributed by atoms with Gasteiger partial charge in [-0.25, -0.2) is 0 Å². The summed E-state index contributed by atoms with van der Waals surface area (Å²) in [5.74, 6) is 0.368. The zero-order valence-electron chi connectivity index (χ0n) is 9.29. The molecule has 2 nitrogen and oxygen atoms in total. The van der Waals surface area contributed by atoms with Crippen LogP contribution in [0.25, 0.3) is 0 Å². The molecule has 0 bridgehead atoms. The van der Waals surface area contributed by atoms with Crippen molar-refractivity contribution in [2.24, 2.45) is 0 Å². The molecule has 0 amide bonds. The minimum atomic E-state index is 0.214. The van der Waals surface area contributed by atoms with Crippen molar-refractivity contribution in [2.75, 3.05) is 6.54 Å². The third-order valence-electron chi connectivity index (χ3n) is 3.21. The van der Waals surface area contributed by atoms with Crippen LogP contribution >= 0.6 is 0 Å². The molecule has 1 aliphatic heterocycles. The number of nitrogens with one attached hydrogen (secondary N) is 1. The molecule has 0 saturated carbocycles. The minimum absolute atomic E-state index is 0.214. The van der Waals surface area contributed by atoms with Crippen molar-refractivity contribution in [3.8, 4) is 5.75 Å². The Kier molecular flexibility index (Phi) is 2.96. The standard InChI is InChI=1S/C13H19NO/c1-13(7-2-3-8-14-13)10-11-5-4-6-12(15)9-11/h4-6,9,14-15H,2-3,7-8,10H2,1H3. The Bertz CT molecular complexity index is 329. The first-order valence-corrected chi connectivity index (χ1v) is 5.71. The number of piperidine rings is 1. The van der Waals surface area contributed by atoms with Crippen LogP contribution in [0.2, 0.25) is 0 Å². The van der Waals surface area contributed by atoms with E-state index in [1.165, 1.54) is 24.8 Å². The quantitative estimate of drug-likeness (QED) is 0.777. The molecule has 2 heteroatoms. The van der Waals surface area contributed by atoms with Crippen molar-refractivity contribution in [1.29, 1.82) is 0 Å². The summed E-state index contributed by atoms with van der Waals surface area (Å²) in [6.07, 6.45) is 4.82. The zero-order chi connectivity index (χ0) is 10.7. The van der Waals surface area contributed by atoms with Crippen LogP contribution in [-0.2, 0) is 6.42 Å². The van der Waals surface area contributed by atoms with E-state index in [1.807, 2.05) is 12.1 Å². The maximum atomic E-state index is 9.41. The Morgan fingerprint density at radius 2 is 2.27 bits per heavy atom. The minimum Gasteiger partial charge on any atom is -0.508 e. The van der Waals surface area contributed by atoms with E-state index in [2.05, 4.69) is 18.3 Å². The maximum absolute atomic E-state index is 9.41. The fourth-order valence-corrected chi connectivity index (χ4v) is 2.39. The normalized spacial score (nSPS) is 26.5. The van der Waals surface area contributed by atoms with E-state index >= 15 is 0 Å². The summed E-state index contributed by atoms with van der Waals surface area (Å²) in [5.41, 5.74) is 1.43. The number of benzene rings is 1. The van der Waals surface area contributed by atoms with Crippen molar-refractivity contribution in [3.05, 3.63) is 29.8 Å². The number of aromatic hydroxyl groups is 1. The predicted octanol–water partition coefficient (Wildman–Crippen LogP) is 2.47. The highest BCUT2D eigenvalue weighted by Gasteiger charge is 2.26.